The van der Waals surface area contributed by atoms with Gasteiger partial charge in [0.1, 0.15) is 0 Å². The van der Waals surface area contributed by atoms with Crippen molar-refractivity contribution in [2.24, 2.45) is 11.1 Å². The van der Waals surface area contributed by atoms with Gasteiger partial charge in [0, 0.05) is 11.6 Å². The SMILES string of the molecule is CC(C)(C)[C@H](N)c1cc(C#N)cc(F)c1O. The van der Waals surface area contributed by atoms with Crippen LogP contribution in [0.2, 0.25) is 0 Å². The second-order valence-electron chi connectivity index (χ2n) is 4.85. The minimum Gasteiger partial charge on any atom is -0.505 e. The summed E-state index contributed by atoms with van der Waals surface area (Å²) in [5.41, 5.74) is 6.03. The highest BCUT2D eigenvalue weighted by atomic mass is 19.1. The van der Waals surface area contributed by atoms with Crippen molar-refractivity contribution in [2.75, 3.05) is 0 Å². The van der Waals surface area contributed by atoms with Crippen LogP contribution in [0.1, 0.15) is 37.9 Å². The fraction of sp³-hybridized carbons (Fsp3) is 0.417. The van der Waals surface area contributed by atoms with Crippen molar-refractivity contribution in [1.29, 1.82) is 5.26 Å². The van der Waals surface area contributed by atoms with Gasteiger partial charge >= 0.3 is 0 Å². The predicted molar refractivity (Wildman–Crippen MR) is 59.2 cm³/mol. The zero-order valence-corrected chi connectivity index (χ0v) is 9.58. The number of nitrogens with zero attached hydrogens (tertiary/aromatic N) is 1. The van der Waals surface area contributed by atoms with Gasteiger partial charge in [-0.15, -0.1) is 0 Å². The third-order valence-electron chi connectivity index (χ3n) is 2.49. The quantitative estimate of drug-likeness (QED) is 0.766. The molecule has 0 aliphatic heterocycles. The molecule has 1 atom stereocenters. The fourth-order valence-electron chi connectivity index (χ4n) is 1.39. The summed E-state index contributed by atoms with van der Waals surface area (Å²) in [5.74, 6) is -1.28. The van der Waals surface area contributed by atoms with E-state index in [1.807, 2.05) is 26.8 Å². The first-order chi connectivity index (χ1) is 7.27. The van der Waals surface area contributed by atoms with Crippen LogP contribution in [0.4, 0.5) is 4.39 Å². The zero-order valence-electron chi connectivity index (χ0n) is 9.58. The lowest BCUT2D eigenvalue weighted by Crippen LogP contribution is -2.26. The summed E-state index contributed by atoms with van der Waals surface area (Å²) in [6.07, 6.45) is 0. The standard InChI is InChI=1S/C12H15FN2O/c1-12(2,3)11(15)8-4-7(6-14)5-9(13)10(8)16/h4-5,11,16H,15H2,1-3H3/t11-/m1/s1. The van der Waals surface area contributed by atoms with Gasteiger partial charge in [0.15, 0.2) is 11.6 Å². The van der Waals surface area contributed by atoms with Crippen LogP contribution in [0, 0.1) is 22.6 Å². The molecular weight excluding hydrogens is 207 g/mol. The molecule has 86 valence electrons. The molecule has 0 heterocycles. The smallest absolute Gasteiger partial charge is 0.166 e. The molecule has 0 unspecified atom stereocenters. The number of rotatable bonds is 1. The van der Waals surface area contributed by atoms with Crippen molar-refractivity contribution < 1.29 is 9.50 Å². The van der Waals surface area contributed by atoms with E-state index in [1.165, 1.54) is 6.07 Å². The highest BCUT2D eigenvalue weighted by molar-refractivity contribution is 5.44. The van der Waals surface area contributed by atoms with Gasteiger partial charge in [-0.3, -0.25) is 0 Å². The normalized spacial score (nSPS) is 13.2. The van der Waals surface area contributed by atoms with Crippen LogP contribution in [0.25, 0.3) is 0 Å². The van der Waals surface area contributed by atoms with Crippen molar-refractivity contribution in [3.05, 3.63) is 29.1 Å². The Balaban J connectivity index is 3.34. The molecule has 0 aromatic heterocycles. The Labute approximate surface area is 94.3 Å². The maximum absolute atomic E-state index is 13.3. The molecule has 0 fully saturated rings. The average molecular weight is 222 g/mol. The molecule has 0 saturated heterocycles. The predicted octanol–water partition coefficient (Wildman–Crippen LogP) is 2.45. The minimum atomic E-state index is -0.811. The van der Waals surface area contributed by atoms with Crippen molar-refractivity contribution in [3.8, 4) is 11.8 Å². The van der Waals surface area contributed by atoms with Gasteiger partial charge in [0.05, 0.1) is 11.6 Å². The second-order valence-corrected chi connectivity index (χ2v) is 4.85. The van der Waals surface area contributed by atoms with Crippen LogP contribution in [0.3, 0.4) is 0 Å². The largest absolute Gasteiger partial charge is 0.505 e. The number of phenolic OH excluding ortho intramolecular Hbond substituents is 1. The van der Waals surface area contributed by atoms with Gasteiger partial charge in [-0.1, -0.05) is 20.8 Å². The van der Waals surface area contributed by atoms with Crippen LogP contribution in [0.15, 0.2) is 12.1 Å². The van der Waals surface area contributed by atoms with Gasteiger partial charge < -0.3 is 10.8 Å². The summed E-state index contributed by atoms with van der Waals surface area (Å²) >= 11 is 0. The number of phenols is 1. The lowest BCUT2D eigenvalue weighted by Gasteiger charge is -2.28. The Hall–Kier alpha value is -1.60. The lowest BCUT2D eigenvalue weighted by molar-refractivity contribution is 0.313. The van der Waals surface area contributed by atoms with Crippen molar-refractivity contribution >= 4 is 0 Å². The molecule has 0 aliphatic carbocycles. The number of nitrogens with two attached hydrogens (primary N) is 1. The highest BCUT2D eigenvalue weighted by Gasteiger charge is 2.26. The number of benzene rings is 1. The number of hydrogen-bond donors (Lipinski definition) is 2. The first-order valence-electron chi connectivity index (χ1n) is 4.95. The molecule has 0 bridgehead atoms. The number of hydrogen-bond acceptors (Lipinski definition) is 3. The van der Waals surface area contributed by atoms with Gasteiger partial charge in [0.2, 0.25) is 0 Å². The Morgan fingerprint density at radius 2 is 2.00 bits per heavy atom. The maximum Gasteiger partial charge on any atom is 0.166 e. The fourth-order valence-corrected chi connectivity index (χ4v) is 1.39. The maximum atomic E-state index is 13.3. The Bertz CT molecular complexity index is 444. The van der Waals surface area contributed by atoms with Gasteiger partial charge in [-0.05, 0) is 17.5 Å². The van der Waals surface area contributed by atoms with E-state index >= 15 is 0 Å². The van der Waals surface area contributed by atoms with E-state index in [-0.39, 0.29) is 16.5 Å². The molecule has 4 heteroatoms. The monoisotopic (exact) mass is 222 g/mol. The van der Waals surface area contributed by atoms with Crippen LogP contribution >= 0.6 is 0 Å². The van der Waals surface area contributed by atoms with Crippen LogP contribution < -0.4 is 5.73 Å². The van der Waals surface area contributed by atoms with Crippen molar-refractivity contribution in [1.82, 2.24) is 0 Å². The molecule has 0 saturated carbocycles. The first-order valence-corrected chi connectivity index (χ1v) is 4.95. The first kappa shape index (κ1) is 12.5. The van der Waals surface area contributed by atoms with E-state index in [9.17, 15) is 9.50 Å². The van der Waals surface area contributed by atoms with Crippen molar-refractivity contribution in [2.45, 2.75) is 26.8 Å². The lowest BCUT2D eigenvalue weighted by atomic mass is 9.82. The van der Waals surface area contributed by atoms with Gasteiger partial charge in [0.25, 0.3) is 0 Å². The molecule has 3 N–H and O–H groups in total. The Kier molecular flexibility index (Phi) is 3.20. The van der Waals surface area contributed by atoms with Crippen LogP contribution in [-0.2, 0) is 0 Å². The summed E-state index contributed by atoms with van der Waals surface area (Å²) in [7, 11) is 0. The average Bonchev–Trinajstić information content (AvgIpc) is 2.19. The van der Waals surface area contributed by atoms with E-state index in [0.717, 1.165) is 6.07 Å². The molecule has 0 amide bonds. The molecule has 0 aliphatic rings. The zero-order chi connectivity index (χ0) is 12.5. The third kappa shape index (κ3) is 2.31. The third-order valence-corrected chi connectivity index (χ3v) is 2.49. The Morgan fingerprint density at radius 1 is 1.44 bits per heavy atom. The summed E-state index contributed by atoms with van der Waals surface area (Å²) in [6, 6.07) is 3.72. The van der Waals surface area contributed by atoms with E-state index in [2.05, 4.69) is 0 Å². The van der Waals surface area contributed by atoms with Crippen LogP contribution in [0.5, 0.6) is 5.75 Å². The molecule has 3 nitrogen and oxygen atoms in total. The topological polar surface area (TPSA) is 70.0 Å². The summed E-state index contributed by atoms with van der Waals surface area (Å²) in [4.78, 5) is 0. The summed E-state index contributed by atoms with van der Waals surface area (Å²) in [5, 5.41) is 18.3. The molecular formula is C12H15FN2O. The van der Waals surface area contributed by atoms with E-state index in [1.54, 1.807) is 0 Å². The summed E-state index contributed by atoms with van der Waals surface area (Å²) in [6.45, 7) is 5.65. The van der Waals surface area contributed by atoms with E-state index in [0.29, 0.717) is 0 Å². The molecule has 1 aromatic carbocycles. The number of nitriles is 1. The molecule has 16 heavy (non-hydrogen) atoms. The minimum absolute atomic E-state index is 0.157. The van der Waals surface area contributed by atoms with Gasteiger partial charge in [-0.2, -0.15) is 5.26 Å². The van der Waals surface area contributed by atoms with Gasteiger partial charge in [-0.25, -0.2) is 4.39 Å². The second kappa shape index (κ2) is 4.11. The Morgan fingerprint density at radius 3 is 2.44 bits per heavy atom. The van der Waals surface area contributed by atoms with E-state index in [4.69, 9.17) is 11.0 Å². The van der Waals surface area contributed by atoms with Crippen LogP contribution in [-0.4, -0.2) is 5.11 Å². The molecule has 0 radical (unpaired) electrons. The number of halogens is 1. The van der Waals surface area contributed by atoms with E-state index < -0.39 is 17.6 Å². The summed E-state index contributed by atoms with van der Waals surface area (Å²) < 4.78 is 13.3. The molecule has 1 rings (SSSR count). The number of aromatic hydroxyl groups is 1. The highest BCUT2D eigenvalue weighted by Crippen LogP contribution is 2.36. The van der Waals surface area contributed by atoms with Crippen molar-refractivity contribution in [3.63, 3.8) is 0 Å². The molecule has 1 aromatic rings. The molecule has 0 spiro atoms.